The molecule has 3 nitrogen and oxygen atoms in total. The van der Waals surface area contributed by atoms with Crippen molar-refractivity contribution in [2.45, 2.75) is 51.0 Å². The van der Waals surface area contributed by atoms with E-state index < -0.39 is 10.1 Å². The molecule has 3 unspecified atom stereocenters. The van der Waals surface area contributed by atoms with Crippen molar-refractivity contribution in [1.29, 1.82) is 0 Å². The van der Waals surface area contributed by atoms with E-state index >= 15 is 0 Å². The third kappa shape index (κ3) is 2.94. The van der Waals surface area contributed by atoms with Crippen LogP contribution in [0.3, 0.4) is 0 Å². The van der Waals surface area contributed by atoms with Gasteiger partial charge in [-0.05, 0) is 31.1 Å². The van der Waals surface area contributed by atoms with Gasteiger partial charge in [-0.25, -0.2) is 0 Å². The molecule has 0 aromatic carbocycles. The molecule has 0 aromatic rings. The van der Waals surface area contributed by atoms with Gasteiger partial charge >= 0.3 is 0 Å². The Labute approximate surface area is 92.3 Å². The van der Waals surface area contributed by atoms with Crippen molar-refractivity contribution >= 4 is 10.1 Å². The third-order valence-electron chi connectivity index (χ3n) is 3.81. The van der Waals surface area contributed by atoms with Crippen LogP contribution in [0.15, 0.2) is 0 Å². The van der Waals surface area contributed by atoms with Gasteiger partial charge in [-0.2, -0.15) is 8.42 Å². The Morgan fingerprint density at radius 3 is 2.40 bits per heavy atom. The van der Waals surface area contributed by atoms with E-state index in [4.69, 9.17) is 4.18 Å². The predicted octanol–water partition coefficient (Wildman–Crippen LogP) is 2.32. The molecule has 0 aromatic heterocycles. The summed E-state index contributed by atoms with van der Waals surface area (Å²) < 4.78 is 27.5. The first kappa shape index (κ1) is 11.4. The van der Waals surface area contributed by atoms with E-state index in [-0.39, 0.29) is 6.10 Å². The summed E-state index contributed by atoms with van der Waals surface area (Å²) in [5.74, 6) is 1.22. The van der Waals surface area contributed by atoms with Gasteiger partial charge in [-0.3, -0.25) is 4.18 Å². The molecule has 0 radical (unpaired) electrons. The van der Waals surface area contributed by atoms with E-state index in [2.05, 4.69) is 0 Å². The highest BCUT2D eigenvalue weighted by Crippen LogP contribution is 2.42. The van der Waals surface area contributed by atoms with Crippen LogP contribution in [-0.4, -0.2) is 20.8 Å². The zero-order chi connectivity index (χ0) is 10.9. The Bertz CT molecular complexity index is 308. The van der Waals surface area contributed by atoms with Gasteiger partial charge in [-0.15, -0.1) is 0 Å². The largest absolute Gasteiger partial charge is 0.267 e. The zero-order valence-electron chi connectivity index (χ0n) is 9.31. The van der Waals surface area contributed by atoms with E-state index in [9.17, 15) is 8.42 Å². The lowest BCUT2D eigenvalue weighted by Gasteiger charge is -2.40. The predicted molar refractivity (Wildman–Crippen MR) is 59.0 cm³/mol. The lowest BCUT2D eigenvalue weighted by atomic mass is 9.69. The summed E-state index contributed by atoms with van der Waals surface area (Å²) >= 11 is 0. The van der Waals surface area contributed by atoms with Crippen LogP contribution < -0.4 is 0 Å². The minimum Gasteiger partial charge on any atom is -0.267 e. The third-order valence-corrected chi connectivity index (χ3v) is 4.40. The van der Waals surface area contributed by atoms with Crippen LogP contribution in [0, 0.1) is 11.8 Å². The maximum absolute atomic E-state index is 11.2. The Hall–Kier alpha value is -0.0900. The van der Waals surface area contributed by atoms with Crippen LogP contribution >= 0.6 is 0 Å². The summed E-state index contributed by atoms with van der Waals surface area (Å²) in [5, 5.41) is 0. The van der Waals surface area contributed by atoms with Gasteiger partial charge in [-0.1, -0.05) is 25.7 Å². The highest BCUT2D eigenvalue weighted by atomic mass is 32.2. The first-order chi connectivity index (χ1) is 7.06. The minimum absolute atomic E-state index is 0.0287. The Morgan fingerprint density at radius 2 is 1.67 bits per heavy atom. The standard InChI is InChI=1S/C11H20O3S/c1-15(12,13)14-11-8-4-6-9-5-2-3-7-10(9)11/h9-11H,2-8H2,1H3. The van der Waals surface area contributed by atoms with E-state index in [1.54, 1.807) is 0 Å². The van der Waals surface area contributed by atoms with E-state index in [1.165, 1.54) is 31.9 Å². The molecule has 2 fully saturated rings. The topological polar surface area (TPSA) is 43.4 Å². The Balaban J connectivity index is 2.03. The molecule has 2 aliphatic rings. The van der Waals surface area contributed by atoms with Crippen LogP contribution in [0.2, 0.25) is 0 Å². The van der Waals surface area contributed by atoms with Gasteiger partial charge in [0.2, 0.25) is 0 Å². The zero-order valence-corrected chi connectivity index (χ0v) is 10.1. The molecule has 4 heteroatoms. The molecular weight excluding hydrogens is 212 g/mol. The van der Waals surface area contributed by atoms with Crippen LogP contribution in [0.4, 0.5) is 0 Å². The fourth-order valence-corrected chi connectivity index (χ4v) is 3.91. The van der Waals surface area contributed by atoms with Gasteiger partial charge in [0.05, 0.1) is 12.4 Å². The number of rotatable bonds is 2. The molecule has 0 heterocycles. The van der Waals surface area contributed by atoms with Crippen LogP contribution in [0.1, 0.15) is 44.9 Å². The van der Waals surface area contributed by atoms with Crippen LogP contribution in [0.25, 0.3) is 0 Å². The molecule has 0 bridgehead atoms. The minimum atomic E-state index is -3.27. The molecule has 88 valence electrons. The Morgan fingerprint density at radius 1 is 1.00 bits per heavy atom. The summed E-state index contributed by atoms with van der Waals surface area (Å²) in [7, 11) is -3.27. The first-order valence-corrected chi connectivity index (χ1v) is 7.76. The lowest BCUT2D eigenvalue weighted by molar-refractivity contribution is 0.0327. The van der Waals surface area contributed by atoms with Gasteiger partial charge in [0.15, 0.2) is 0 Å². The maximum Gasteiger partial charge on any atom is 0.264 e. The molecular formula is C11H20O3S. The summed E-state index contributed by atoms with van der Waals surface area (Å²) in [5.41, 5.74) is 0. The van der Waals surface area contributed by atoms with Crippen LogP contribution in [-0.2, 0) is 14.3 Å². The number of hydrogen-bond donors (Lipinski definition) is 0. The summed E-state index contributed by atoms with van der Waals surface area (Å²) in [6, 6.07) is 0. The molecule has 0 saturated heterocycles. The molecule has 2 aliphatic carbocycles. The highest BCUT2D eigenvalue weighted by Gasteiger charge is 2.36. The quantitative estimate of drug-likeness (QED) is 0.686. The molecule has 0 spiro atoms. The molecule has 0 N–H and O–H groups in total. The second kappa shape index (κ2) is 4.42. The van der Waals surface area contributed by atoms with Gasteiger partial charge in [0.1, 0.15) is 0 Å². The fourth-order valence-electron chi connectivity index (χ4n) is 3.22. The normalized spacial score (nSPS) is 37.3. The molecule has 3 atom stereocenters. The van der Waals surface area contributed by atoms with Crippen LogP contribution in [0.5, 0.6) is 0 Å². The Kier molecular flexibility index (Phi) is 3.36. The average Bonchev–Trinajstić information content (AvgIpc) is 2.16. The maximum atomic E-state index is 11.2. The SMILES string of the molecule is CS(=O)(=O)OC1CCCC2CCCCC21. The number of hydrogen-bond acceptors (Lipinski definition) is 3. The molecule has 2 rings (SSSR count). The molecule has 2 saturated carbocycles. The van der Waals surface area contributed by atoms with E-state index in [1.807, 2.05) is 0 Å². The van der Waals surface area contributed by atoms with Crippen molar-refractivity contribution in [3.8, 4) is 0 Å². The van der Waals surface area contributed by atoms with Crippen molar-refractivity contribution < 1.29 is 12.6 Å². The molecule has 0 amide bonds. The summed E-state index contributed by atoms with van der Waals surface area (Å²) in [6.45, 7) is 0. The van der Waals surface area contributed by atoms with Crippen molar-refractivity contribution in [2.24, 2.45) is 11.8 Å². The highest BCUT2D eigenvalue weighted by molar-refractivity contribution is 7.86. The van der Waals surface area contributed by atoms with Gasteiger partial charge < -0.3 is 0 Å². The van der Waals surface area contributed by atoms with E-state index in [0.29, 0.717) is 5.92 Å². The summed E-state index contributed by atoms with van der Waals surface area (Å²) in [6.07, 6.45) is 9.44. The molecule has 0 aliphatic heterocycles. The van der Waals surface area contributed by atoms with Crippen molar-refractivity contribution in [2.75, 3.05) is 6.26 Å². The summed E-state index contributed by atoms with van der Waals surface area (Å²) in [4.78, 5) is 0. The van der Waals surface area contributed by atoms with Gasteiger partial charge in [0.25, 0.3) is 10.1 Å². The van der Waals surface area contributed by atoms with E-state index in [0.717, 1.165) is 25.2 Å². The van der Waals surface area contributed by atoms with Gasteiger partial charge in [0, 0.05) is 0 Å². The average molecular weight is 232 g/mol. The smallest absolute Gasteiger partial charge is 0.264 e. The fraction of sp³-hybridized carbons (Fsp3) is 1.00. The second-order valence-corrected chi connectivity index (χ2v) is 6.58. The molecule has 15 heavy (non-hydrogen) atoms. The first-order valence-electron chi connectivity index (χ1n) is 5.94. The van der Waals surface area contributed by atoms with Crippen molar-refractivity contribution in [3.05, 3.63) is 0 Å². The van der Waals surface area contributed by atoms with Crippen molar-refractivity contribution in [3.63, 3.8) is 0 Å². The number of fused-ring (bicyclic) bond motifs is 1. The lowest BCUT2D eigenvalue weighted by Crippen LogP contribution is -2.37. The monoisotopic (exact) mass is 232 g/mol. The van der Waals surface area contributed by atoms with Crippen molar-refractivity contribution in [1.82, 2.24) is 0 Å². The second-order valence-electron chi connectivity index (χ2n) is 4.98.